The van der Waals surface area contributed by atoms with Crippen LogP contribution in [0.1, 0.15) is 12.0 Å². The Bertz CT molecular complexity index is 562. The molecule has 0 saturated carbocycles. The van der Waals surface area contributed by atoms with E-state index in [9.17, 15) is 18.0 Å². The van der Waals surface area contributed by atoms with Crippen molar-refractivity contribution in [1.82, 2.24) is 10.2 Å². The molecule has 3 rings (SSSR count). The average molecular weight is 327 g/mol. The zero-order chi connectivity index (χ0) is 16.4. The minimum atomic E-state index is -4.33. The van der Waals surface area contributed by atoms with Gasteiger partial charge in [-0.3, -0.25) is 4.79 Å². The quantitative estimate of drug-likeness (QED) is 0.902. The van der Waals surface area contributed by atoms with Crippen LogP contribution in [0.2, 0.25) is 0 Å². The van der Waals surface area contributed by atoms with Crippen LogP contribution in [-0.4, -0.2) is 50.1 Å². The molecule has 2 fully saturated rings. The lowest BCUT2D eigenvalue weighted by atomic mass is 10.1. The van der Waals surface area contributed by atoms with E-state index < -0.39 is 11.7 Å². The molecule has 1 N–H and O–H groups in total. The van der Waals surface area contributed by atoms with E-state index in [2.05, 4.69) is 5.32 Å². The second kappa shape index (κ2) is 6.39. The van der Waals surface area contributed by atoms with Gasteiger partial charge in [-0.05, 0) is 31.2 Å². The highest BCUT2D eigenvalue weighted by atomic mass is 19.4. The normalized spacial score (nSPS) is 22.5. The van der Waals surface area contributed by atoms with Gasteiger partial charge >= 0.3 is 6.18 Å². The molecule has 23 heavy (non-hydrogen) atoms. The first-order valence-corrected chi connectivity index (χ1v) is 7.87. The van der Waals surface area contributed by atoms with Gasteiger partial charge in [-0.15, -0.1) is 0 Å². The van der Waals surface area contributed by atoms with Gasteiger partial charge in [-0.2, -0.15) is 13.2 Å². The molecule has 0 spiro atoms. The number of anilines is 1. The summed E-state index contributed by atoms with van der Waals surface area (Å²) in [6.45, 7) is 3.85. The first-order chi connectivity index (χ1) is 10.9. The molecule has 1 aromatic carbocycles. The summed E-state index contributed by atoms with van der Waals surface area (Å²) in [5.74, 6) is 0.216. The van der Waals surface area contributed by atoms with Crippen molar-refractivity contribution in [1.29, 1.82) is 0 Å². The largest absolute Gasteiger partial charge is 0.416 e. The zero-order valence-electron chi connectivity index (χ0n) is 12.8. The topological polar surface area (TPSA) is 35.6 Å². The summed E-state index contributed by atoms with van der Waals surface area (Å²) in [6, 6.07) is 5.38. The van der Waals surface area contributed by atoms with Crippen LogP contribution in [0.25, 0.3) is 0 Å². The second-order valence-electron chi connectivity index (χ2n) is 6.05. The molecule has 2 aliphatic heterocycles. The highest BCUT2D eigenvalue weighted by molar-refractivity contribution is 5.79. The van der Waals surface area contributed by atoms with Crippen molar-refractivity contribution in [3.63, 3.8) is 0 Å². The molecule has 0 aromatic heterocycles. The predicted octanol–water partition coefficient (Wildman–Crippen LogP) is 1.96. The molecular formula is C16H20F3N3O. The molecule has 126 valence electrons. The van der Waals surface area contributed by atoms with Crippen LogP contribution >= 0.6 is 0 Å². The monoisotopic (exact) mass is 327 g/mol. The van der Waals surface area contributed by atoms with E-state index in [4.69, 9.17) is 0 Å². The molecule has 2 heterocycles. The van der Waals surface area contributed by atoms with Crippen molar-refractivity contribution in [3.05, 3.63) is 29.8 Å². The van der Waals surface area contributed by atoms with Crippen LogP contribution in [0.3, 0.4) is 0 Å². The lowest BCUT2D eigenvalue weighted by Crippen LogP contribution is -2.50. The predicted molar refractivity (Wildman–Crippen MR) is 81.2 cm³/mol. The molecule has 1 atom stereocenters. The van der Waals surface area contributed by atoms with Crippen molar-refractivity contribution in [2.75, 3.05) is 44.2 Å². The van der Waals surface area contributed by atoms with E-state index in [1.54, 1.807) is 6.07 Å². The molecule has 2 aliphatic rings. The molecule has 1 aromatic rings. The third-order valence-corrected chi connectivity index (χ3v) is 4.54. The van der Waals surface area contributed by atoms with Gasteiger partial charge in [0.2, 0.25) is 5.91 Å². The number of piperazine rings is 1. The van der Waals surface area contributed by atoms with Crippen molar-refractivity contribution in [2.45, 2.75) is 12.6 Å². The number of amides is 1. The van der Waals surface area contributed by atoms with E-state index >= 15 is 0 Å². The zero-order valence-corrected chi connectivity index (χ0v) is 12.8. The number of hydrogen-bond acceptors (Lipinski definition) is 3. The average Bonchev–Trinajstić information content (AvgIpc) is 3.08. The Morgan fingerprint density at radius 3 is 2.52 bits per heavy atom. The third kappa shape index (κ3) is 3.60. The molecule has 0 aliphatic carbocycles. The Morgan fingerprint density at radius 1 is 1.17 bits per heavy atom. The van der Waals surface area contributed by atoms with E-state index in [1.165, 1.54) is 12.1 Å². The maximum Gasteiger partial charge on any atom is 0.416 e. The van der Waals surface area contributed by atoms with Gasteiger partial charge in [0.15, 0.2) is 0 Å². The summed E-state index contributed by atoms with van der Waals surface area (Å²) in [6.07, 6.45) is -3.46. The fourth-order valence-corrected chi connectivity index (χ4v) is 3.19. The number of halogens is 3. The molecule has 1 amide bonds. The van der Waals surface area contributed by atoms with Gasteiger partial charge in [0.25, 0.3) is 0 Å². The minimum absolute atomic E-state index is 0.0510. The van der Waals surface area contributed by atoms with Crippen LogP contribution in [0, 0.1) is 5.92 Å². The molecule has 2 saturated heterocycles. The van der Waals surface area contributed by atoms with E-state index in [0.717, 1.165) is 25.6 Å². The first-order valence-electron chi connectivity index (χ1n) is 7.87. The maximum atomic E-state index is 12.8. The summed E-state index contributed by atoms with van der Waals surface area (Å²) in [5, 5.41) is 3.18. The Kier molecular flexibility index (Phi) is 4.48. The van der Waals surface area contributed by atoms with Gasteiger partial charge in [0.1, 0.15) is 0 Å². The third-order valence-electron chi connectivity index (χ3n) is 4.54. The van der Waals surface area contributed by atoms with Gasteiger partial charge in [-0.25, -0.2) is 0 Å². The lowest BCUT2D eigenvalue weighted by Gasteiger charge is -2.37. The van der Waals surface area contributed by atoms with Gasteiger partial charge < -0.3 is 15.1 Å². The van der Waals surface area contributed by atoms with Gasteiger partial charge in [-0.1, -0.05) is 6.07 Å². The summed E-state index contributed by atoms with van der Waals surface area (Å²) < 4.78 is 38.4. The molecule has 7 heteroatoms. The van der Waals surface area contributed by atoms with Crippen LogP contribution in [-0.2, 0) is 11.0 Å². The van der Waals surface area contributed by atoms with Gasteiger partial charge in [0, 0.05) is 38.4 Å². The Morgan fingerprint density at radius 2 is 1.91 bits per heavy atom. The molecular weight excluding hydrogens is 307 g/mol. The van der Waals surface area contributed by atoms with Crippen molar-refractivity contribution in [2.24, 2.45) is 5.92 Å². The van der Waals surface area contributed by atoms with E-state index in [0.29, 0.717) is 31.9 Å². The Balaban J connectivity index is 1.61. The van der Waals surface area contributed by atoms with Crippen molar-refractivity contribution >= 4 is 11.6 Å². The van der Waals surface area contributed by atoms with E-state index in [1.807, 2.05) is 9.80 Å². The smallest absolute Gasteiger partial charge is 0.368 e. The molecule has 4 nitrogen and oxygen atoms in total. The number of rotatable bonds is 2. The van der Waals surface area contributed by atoms with Gasteiger partial charge in [0.05, 0.1) is 11.5 Å². The van der Waals surface area contributed by atoms with Crippen LogP contribution in [0.5, 0.6) is 0 Å². The number of benzene rings is 1. The van der Waals surface area contributed by atoms with Crippen molar-refractivity contribution in [3.8, 4) is 0 Å². The summed E-state index contributed by atoms with van der Waals surface area (Å²) >= 11 is 0. The summed E-state index contributed by atoms with van der Waals surface area (Å²) in [5.41, 5.74) is -0.0695. The highest BCUT2D eigenvalue weighted by Crippen LogP contribution is 2.32. The number of alkyl halides is 3. The minimum Gasteiger partial charge on any atom is -0.368 e. The molecule has 0 bridgehead atoms. The highest BCUT2D eigenvalue weighted by Gasteiger charge is 2.32. The van der Waals surface area contributed by atoms with Crippen molar-refractivity contribution < 1.29 is 18.0 Å². The number of nitrogens with zero attached hydrogens (tertiary/aromatic N) is 2. The number of carbonyl (C=O) groups excluding carboxylic acids is 1. The fraction of sp³-hybridized carbons (Fsp3) is 0.562. The molecule has 1 unspecified atom stereocenters. The number of nitrogens with one attached hydrogen (secondary N) is 1. The van der Waals surface area contributed by atoms with Crippen LogP contribution < -0.4 is 10.2 Å². The SMILES string of the molecule is O=C(C1CCNC1)N1CCN(c2cccc(C(F)(F)F)c2)CC1. The van der Waals surface area contributed by atoms with Crippen LogP contribution in [0.15, 0.2) is 24.3 Å². The fourth-order valence-electron chi connectivity index (χ4n) is 3.19. The molecule has 0 radical (unpaired) electrons. The Hall–Kier alpha value is -1.76. The van der Waals surface area contributed by atoms with Crippen LogP contribution in [0.4, 0.5) is 18.9 Å². The first kappa shape index (κ1) is 16.1. The standard InChI is InChI=1S/C16H20F3N3O/c17-16(18,19)13-2-1-3-14(10-13)21-6-8-22(9-7-21)15(23)12-4-5-20-11-12/h1-3,10,12,20H,4-9,11H2. The summed E-state index contributed by atoms with van der Waals surface area (Å²) in [7, 11) is 0. The van der Waals surface area contributed by atoms with E-state index in [-0.39, 0.29) is 11.8 Å². The maximum absolute atomic E-state index is 12.8. The number of carbonyl (C=O) groups is 1. The lowest BCUT2D eigenvalue weighted by molar-refractivity contribution is -0.137. The second-order valence-corrected chi connectivity index (χ2v) is 6.05. The Labute approximate surface area is 133 Å². The number of hydrogen-bond donors (Lipinski definition) is 1. The summed E-state index contributed by atoms with van der Waals surface area (Å²) in [4.78, 5) is 16.1.